The number of ether oxygens (including phenoxy) is 1. The summed E-state index contributed by atoms with van der Waals surface area (Å²) in [5.74, 6) is -1.18. The molecule has 1 aromatic rings. The van der Waals surface area contributed by atoms with Crippen LogP contribution in [-0.4, -0.2) is 59.5 Å². The van der Waals surface area contributed by atoms with Gasteiger partial charge in [-0.2, -0.15) is 0 Å². The first kappa shape index (κ1) is 21.7. The van der Waals surface area contributed by atoms with Crippen LogP contribution in [-0.2, 0) is 9.53 Å². The number of anilines is 1. The number of aliphatic imine (C=N–C) groups is 1. The zero-order valence-corrected chi connectivity index (χ0v) is 18.3. The maximum absolute atomic E-state index is 12.7. The van der Waals surface area contributed by atoms with Crippen LogP contribution in [0.1, 0.15) is 48.5 Å². The molecule has 10 heteroatoms. The van der Waals surface area contributed by atoms with Crippen LogP contribution in [0.5, 0.6) is 0 Å². The minimum atomic E-state index is -0.967. The zero-order valence-electron chi connectivity index (χ0n) is 16.7. The number of nitrogens with one attached hydrogen (secondary N) is 1. The van der Waals surface area contributed by atoms with Gasteiger partial charge in [0, 0.05) is 26.1 Å². The molecule has 0 aliphatic carbocycles. The number of hydrogen-bond acceptors (Lipinski definition) is 7. The number of allylic oxidation sites excluding steroid dienone is 1. The molecule has 0 spiro atoms. The average Bonchev–Trinajstić information content (AvgIpc) is 3.26. The number of carboxylic acids is 1. The normalized spacial score (nSPS) is 22.1. The Bertz CT molecular complexity index is 866. The molecule has 0 radical (unpaired) electrons. The van der Waals surface area contributed by atoms with Gasteiger partial charge in [0.15, 0.2) is 5.13 Å². The quantitative estimate of drug-likeness (QED) is 0.631. The minimum absolute atomic E-state index is 0.161. The molecule has 0 aromatic carbocycles. The summed E-state index contributed by atoms with van der Waals surface area (Å²) in [5, 5.41) is 13.4. The lowest BCUT2D eigenvalue weighted by atomic mass is 10.0. The van der Waals surface area contributed by atoms with Crippen LogP contribution in [0, 0.1) is 6.92 Å². The van der Waals surface area contributed by atoms with E-state index in [2.05, 4.69) is 15.3 Å². The lowest BCUT2D eigenvalue weighted by Crippen LogP contribution is -2.56. The number of thiazole rings is 1. The third-order valence-corrected chi connectivity index (χ3v) is 6.66. The summed E-state index contributed by atoms with van der Waals surface area (Å²) in [5.41, 5.74) is 1.92. The van der Waals surface area contributed by atoms with Gasteiger partial charge in [0.05, 0.1) is 17.8 Å². The number of carboxylic acid groups (broad SMARTS) is 1. The molecule has 1 fully saturated rings. The van der Waals surface area contributed by atoms with E-state index >= 15 is 0 Å². The molecule has 2 aliphatic rings. The topological polar surface area (TPSA) is 104 Å². The van der Waals surface area contributed by atoms with Crippen molar-refractivity contribution in [3.05, 3.63) is 21.3 Å². The first-order chi connectivity index (χ1) is 13.8. The van der Waals surface area contributed by atoms with Gasteiger partial charge in [-0.05, 0) is 32.3 Å². The molecule has 0 saturated carbocycles. The van der Waals surface area contributed by atoms with Crippen molar-refractivity contribution in [3.8, 4) is 0 Å². The Hall–Kier alpha value is -1.97. The van der Waals surface area contributed by atoms with Gasteiger partial charge in [-0.3, -0.25) is 4.79 Å². The molecule has 2 N–H and O–H groups in total. The highest BCUT2D eigenvalue weighted by Gasteiger charge is 2.34. The van der Waals surface area contributed by atoms with Crippen LogP contribution in [0.2, 0.25) is 0 Å². The monoisotopic (exact) mass is 440 g/mol. The third kappa shape index (κ3) is 4.79. The van der Waals surface area contributed by atoms with E-state index in [4.69, 9.17) is 16.3 Å². The molecule has 8 nitrogen and oxygen atoms in total. The number of rotatable bonds is 7. The van der Waals surface area contributed by atoms with E-state index < -0.39 is 5.97 Å². The van der Waals surface area contributed by atoms with Gasteiger partial charge in [0.2, 0.25) is 0 Å². The second kappa shape index (κ2) is 9.23. The Morgan fingerprint density at radius 2 is 2.17 bits per heavy atom. The molecule has 3 heterocycles. The number of carbonyl (C=O) groups excluding carboxylic acids is 1. The minimum Gasteiger partial charge on any atom is -0.477 e. The molecule has 29 heavy (non-hydrogen) atoms. The lowest BCUT2D eigenvalue weighted by molar-refractivity contribution is -0.117. The van der Waals surface area contributed by atoms with Gasteiger partial charge in [-0.15, -0.1) is 0 Å². The summed E-state index contributed by atoms with van der Waals surface area (Å²) in [6.45, 7) is 7.28. The second-order valence-electron chi connectivity index (χ2n) is 7.01. The van der Waals surface area contributed by atoms with E-state index in [1.807, 2.05) is 18.7 Å². The summed E-state index contributed by atoms with van der Waals surface area (Å²) in [6, 6.07) is -0.161. The lowest BCUT2D eigenvalue weighted by Gasteiger charge is -2.38. The van der Waals surface area contributed by atoms with Crippen LogP contribution in [0.4, 0.5) is 5.13 Å². The van der Waals surface area contributed by atoms with Crippen molar-refractivity contribution < 1.29 is 19.4 Å². The second-order valence-corrected chi connectivity index (χ2v) is 8.34. The van der Waals surface area contributed by atoms with Crippen molar-refractivity contribution in [3.63, 3.8) is 0 Å². The van der Waals surface area contributed by atoms with E-state index in [1.54, 1.807) is 6.92 Å². The van der Waals surface area contributed by atoms with Crippen LogP contribution in [0.3, 0.4) is 0 Å². The molecule has 2 aliphatic heterocycles. The van der Waals surface area contributed by atoms with Gasteiger partial charge < -0.3 is 20.1 Å². The van der Waals surface area contributed by atoms with Crippen molar-refractivity contribution in [2.24, 2.45) is 4.99 Å². The van der Waals surface area contributed by atoms with E-state index in [0.29, 0.717) is 54.2 Å². The molecule has 3 rings (SSSR count). The molecule has 2 atom stereocenters. The van der Waals surface area contributed by atoms with Crippen molar-refractivity contribution in [1.82, 2.24) is 10.3 Å². The number of nitrogens with zero attached hydrogens (tertiary/aromatic N) is 3. The number of piperidine rings is 1. The van der Waals surface area contributed by atoms with Gasteiger partial charge in [0.1, 0.15) is 15.7 Å². The molecular formula is C19H25ClN4O4S. The Morgan fingerprint density at radius 1 is 1.41 bits per heavy atom. The van der Waals surface area contributed by atoms with Gasteiger partial charge >= 0.3 is 5.97 Å². The number of halogens is 1. The number of amides is 1. The highest BCUT2D eigenvalue weighted by molar-refractivity contribution is 7.17. The molecule has 158 valence electrons. The summed E-state index contributed by atoms with van der Waals surface area (Å²) in [7, 11) is 0. The number of hydrogen-bond donors (Lipinski definition) is 2. The Labute approximate surface area is 178 Å². The molecular weight excluding hydrogens is 416 g/mol. The molecule has 1 amide bonds. The average molecular weight is 441 g/mol. The van der Waals surface area contributed by atoms with Crippen molar-refractivity contribution in [1.29, 1.82) is 0 Å². The van der Waals surface area contributed by atoms with Gasteiger partial charge in [0.25, 0.3) is 5.91 Å². The number of aromatic carboxylic acids is 1. The fourth-order valence-corrected chi connectivity index (χ4v) is 4.76. The summed E-state index contributed by atoms with van der Waals surface area (Å²) in [4.78, 5) is 34.9. The van der Waals surface area contributed by atoms with E-state index in [0.717, 1.165) is 12.0 Å². The van der Waals surface area contributed by atoms with Crippen LogP contribution >= 0.6 is 22.9 Å². The summed E-state index contributed by atoms with van der Waals surface area (Å²) < 4.78 is 5.89. The fourth-order valence-electron chi connectivity index (χ4n) is 3.52. The molecule has 1 saturated heterocycles. The Morgan fingerprint density at radius 3 is 2.76 bits per heavy atom. The molecule has 0 unspecified atom stereocenters. The van der Waals surface area contributed by atoms with E-state index in [-0.39, 0.29) is 22.9 Å². The predicted molar refractivity (Wildman–Crippen MR) is 113 cm³/mol. The van der Waals surface area contributed by atoms with Crippen LogP contribution in [0.15, 0.2) is 15.7 Å². The standard InChI is InChI=1S/C19H25ClN4O4S/c1-4-11-8-13(22-16(11)20)17(25)23-12-6-7-24(9-14(12)28-5-2)19-21-10(3)15(29-19)18(26)27/h12,14H,4-9H2,1-3H3,(H,23,25)(H,26,27)/t12-,14+/m1/s1. The van der Waals surface area contributed by atoms with Crippen molar-refractivity contribution in [2.75, 3.05) is 24.6 Å². The largest absolute Gasteiger partial charge is 0.477 e. The molecule has 0 bridgehead atoms. The Balaban J connectivity index is 1.66. The Kier molecular flexibility index (Phi) is 6.92. The smallest absolute Gasteiger partial charge is 0.347 e. The summed E-state index contributed by atoms with van der Waals surface area (Å²) >= 11 is 7.26. The third-order valence-electron chi connectivity index (χ3n) is 5.10. The van der Waals surface area contributed by atoms with Crippen molar-refractivity contribution >= 4 is 45.7 Å². The van der Waals surface area contributed by atoms with Crippen LogP contribution in [0.25, 0.3) is 0 Å². The SMILES string of the molecule is CCO[C@H]1CN(c2nc(C)c(C(=O)O)s2)CC[C@H]1NC(=O)C1=NC(Cl)=C(CC)C1. The zero-order chi connectivity index (χ0) is 21.1. The van der Waals surface area contributed by atoms with E-state index in [1.165, 1.54) is 11.3 Å². The first-order valence-corrected chi connectivity index (χ1v) is 10.9. The highest BCUT2D eigenvalue weighted by Crippen LogP contribution is 2.30. The number of aromatic nitrogens is 1. The number of aryl methyl sites for hydroxylation is 1. The maximum Gasteiger partial charge on any atom is 0.347 e. The van der Waals surface area contributed by atoms with Gasteiger partial charge in [-0.25, -0.2) is 14.8 Å². The predicted octanol–water partition coefficient (Wildman–Crippen LogP) is 2.95. The highest BCUT2D eigenvalue weighted by atomic mass is 35.5. The summed E-state index contributed by atoms with van der Waals surface area (Å²) in [6.07, 6.45) is 1.68. The van der Waals surface area contributed by atoms with Gasteiger partial charge in [-0.1, -0.05) is 29.9 Å². The van der Waals surface area contributed by atoms with Crippen molar-refractivity contribution in [2.45, 2.75) is 52.2 Å². The fraction of sp³-hybridized carbons (Fsp3) is 0.579. The number of carbonyl (C=O) groups is 2. The van der Waals surface area contributed by atoms with Crippen LogP contribution < -0.4 is 10.2 Å². The maximum atomic E-state index is 12.7. The first-order valence-electron chi connectivity index (χ1n) is 9.67. The molecule has 1 aromatic heterocycles. The van der Waals surface area contributed by atoms with E-state index in [9.17, 15) is 14.7 Å².